The molecule has 6 heteroatoms. The highest BCUT2D eigenvalue weighted by molar-refractivity contribution is 5.99. The first-order chi connectivity index (χ1) is 10.9. The average Bonchev–Trinajstić information content (AvgIpc) is 2.49. The minimum absolute atomic E-state index is 0.314. The molecule has 2 aromatic rings. The van der Waals surface area contributed by atoms with Crippen LogP contribution >= 0.6 is 0 Å². The lowest BCUT2D eigenvalue weighted by atomic mass is 10.1. The number of nitrogens with one attached hydrogen (secondary N) is 2. The zero-order valence-corrected chi connectivity index (χ0v) is 12.7. The Morgan fingerprint density at radius 3 is 2.52 bits per heavy atom. The van der Waals surface area contributed by atoms with Crippen LogP contribution in [0.4, 0.5) is 14.5 Å². The van der Waals surface area contributed by atoms with Crippen LogP contribution in [0.25, 0.3) is 0 Å². The Bertz CT molecular complexity index is 760. The number of rotatable bonds is 4. The summed E-state index contributed by atoms with van der Waals surface area (Å²) in [6, 6.07) is 8.11. The normalized spacial score (nSPS) is 10.3. The predicted octanol–water partition coefficient (Wildman–Crippen LogP) is 2.95. The van der Waals surface area contributed by atoms with E-state index in [1.54, 1.807) is 6.07 Å². The van der Waals surface area contributed by atoms with Gasteiger partial charge in [-0.05, 0) is 43.2 Å². The molecule has 4 nitrogen and oxygen atoms in total. The van der Waals surface area contributed by atoms with E-state index in [-0.39, 0.29) is 12.1 Å². The van der Waals surface area contributed by atoms with Crippen molar-refractivity contribution in [3.05, 3.63) is 64.7 Å². The van der Waals surface area contributed by atoms with Gasteiger partial charge in [0.15, 0.2) is 0 Å². The van der Waals surface area contributed by atoms with Gasteiger partial charge in [-0.1, -0.05) is 12.1 Å². The Labute approximate surface area is 132 Å². The van der Waals surface area contributed by atoms with Crippen molar-refractivity contribution in [1.29, 1.82) is 0 Å². The van der Waals surface area contributed by atoms with Crippen LogP contribution in [0.3, 0.4) is 0 Å². The molecule has 0 saturated heterocycles. The summed E-state index contributed by atoms with van der Waals surface area (Å²) in [5.41, 5.74) is 2.29. The van der Waals surface area contributed by atoms with Gasteiger partial charge in [0.2, 0.25) is 5.91 Å². The fraction of sp³-hybridized carbons (Fsp3) is 0.176. The summed E-state index contributed by atoms with van der Waals surface area (Å²) in [6.45, 7) is 3.48. The standard InChI is InChI=1S/C17H16F2N2O2/c1-10-4-3-5-15(11(10)2)21-16(22)9-20-17(23)13-7-6-12(18)8-14(13)19/h3-8H,9H2,1-2H3,(H,20,23)(H,21,22). The third kappa shape index (κ3) is 4.12. The maximum Gasteiger partial charge on any atom is 0.254 e. The van der Waals surface area contributed by atoms with Gasteiger partial charge in [0.25, 0.3) is 5.91 Å². The van der Waals surface area contributed by atoms with Crippen LogP contribution < -0.4 is 10.6 Å². The molecule has 0 fully saturated rings. The van der Waals surface area contributed by atoms with E-state index in [1.165, 1.54) is 0 Å². The first-order valence-corrected chi connectivity index (χ1v) is 6.98. The van der Waals surface area contributed by atoms with Crippen LogP contribution in [0.15, 0.2) is 36.4 Å². The Kier molecular flexibility index (Phi) is 5.05. The first-order valence-electron chi connectivity index (χ1n) is 6.98. The molecule has 0 aromatic heterocycles. The third-order valence-electron chi connectivity index (χ3n) is 3.46. The topological polar surface area (TPSA) is 58.2 Å². The third-order valence-corrected chi connectivity index (χ3v) is 3.46. The SMILES string of the molecule is Cc1cccc(NC(=O)CNC(=O)c2ccc(F)cc2F)c1C. The molecule has 0 bridgehead atoms. The van der Waals surface area contributed by atoms with Crippen LogP contribution in [0, 0.1) is 25.5 Å². The number of hydrogen-bond acceptors (Lipinski definition) is 2. The molecule has 0 radical (unpaired) electrons. The molecule has 2 N–H and O–H groups in total. The second kappa shape index (κ2) is 7.00. The maximum atomic E-state index is 13.5. The highest BCUT2D eigenvalue weighted by Gasteiger charge is 2.14. The number of anilines is 1. The quantitative estimate of drug-likeness (QED) is 0.910. The van der Waals surface area contributed by atoms with E-state index in [2.05, 4.69) is 10.6 Å². The van der Waals surface area contributed by atoms with Crippen molar-refractivity contribution in [1.82, 2.24) is 5.32 Å². The molecule has 0 aliphatic heterocycles. The first kappa shape index (κ1) is 16.6. The van der Waals surface area contributed by atoms with Gasteiger partial charge in [0.05, 0.1) is 12.1 Å². The van der Waals surface area contributed by atoms with Gasteiger partial charge >= 0.3 is 0 Å². The lowest BCUT2D eigenvalue weighted by Crippen LogP contribution is -2.33. The Balaban J connectivity index is 1.96. The molecule has 2 rings (SSSR count). The molecule has 0 unspecified atom stereocenters. The minimum atomic E-state index is -0.975. The molecule has 0 heterocycles. The minimum Gasteiger partial charge on any atom is -0.343 e. The van der Waals surface area contributed by atoms with Gasteiger partial charge in [-0.25, -0.2) is 8.78 Å². The molecule has 2 amide bonds. The highest BCUT2D eigenvalue weighted by atomic mass is 19.1. The van der Waals surface area contributed by atoms with E-state index in [0.717, 1.165) is 23.3 Å². The molecular weight excluding hydrogens is 302 g/mol. The van der Waals surface area contributed by atoms with Crippen LogP contribution in [-0.4, -0.2) is 18.4 Å². The average molecular weight is 318 g/mol. The number of amides is 2. The van der Waals surface area contributed by atoms with Crippen molar-refractivity contribution in [2.75, 3.05) is 11.9 Å². The van der Waals surface area contributed by atoms with Gasteiger partial charge in [-0.2, -0.15) is 0 Å². The molecule has 0 aliphatic carbocycles. The van der Waals surface area contributed by atoms with E-state index in [4.69, 9.17) is 0 Å². The summed E-state index contributed by atoms with van der Waals surface area (Å²) in [7, 11) is 0. The van der Waals surface area contributed by atoms with Crippen molar-refractivity contribution in [2.45, 2.75) is 13.8 Å². The summed E-state index contributed by atoms with van der Waals surface area (Å²) in [4.78, 5) is 23.7. The Hall–Kier alpha value is -2.76. The smallest absolute Gasteiger partial charge is 0.254 e. The van der Waals surface area contributed by atoms with Gasteiger partial charge in [0, 0.05) is 11.8 Å². The fourth-order valence-corrected chi connectivity index (χ4v) is 2.01. The number of benzene rings is 2. The molecule has 0 saturated carbocycles. The molecule has 0 aliphatic rings. The second-order valence-corrected chi connectivity index (χ2v) is 5.10. The van der Waals surface area contributed by atoms with Crippen molar-refractivity contribution in [2.24, 2.45) is 0 Å². The van der Waals surface area contributed by atoms with Crippen molar-refractivity contribution in [3.63, 3.8) is 0 Å². The van der Waals surface area contributed by atoms with Gasteiger partial charge in [-0.3, -0.25) is 9.59 Å². The van der Waals surface area contributed by atoms with Crippen LogP contribution in [0.1, 0.15) is 21.5 Å². The van der Waals surface area contributed by atoms with Crippen LogP contribution in [0.5, 0.6) is 0 Å². The van der Waals surface area contributed by atoms with E-state index in [1.807, 2.05) is 26.0 Å². The summed E-state index contributed by atoms with van der Waals surface area (Å²) >= 11 is 0. The molecule has 2 aromatic carbocycles. The summed E-state index contributed by atoms with van der Waals surface area (Å²) in [6.07, 6.45) is 0. The number of aryl methyl sites for hydroxylation is 1. The van der Waals surface area contributed by atoms with Crippen molar-refractivity contribution < 1.29 is 18.4 Å². The summed E-state index contributed by atoms with van der Waals surface area (Å²) in [5, 5.41) is 4.97. The van der Waals surface area contributed by atoms with Crippen LogP contribution in [0.2, 0.25) is 0 Å². The second-order valence-electron chi connectivity index (χ2n) is 5.10. The zero-order chi connectivity index (χ0) is 17.0. The van der Waals surface area contributed by atoms with Gasteiger partial charge < -0.3 is 10.6 Å². The molecule has 0 spiro atoms. The molecular formula is C17H16F2N2O2. The van der Waals surface area contributed by atoms with E-state index in [0.29, 0.717) is 11.8 Å². The van der Waals surface area contributed by atoms with E-state index >= 15 is 0 Å². The Morgan fingerprint density at radius 2 is 1.83 bits per heavy atom. The summed E-state index contributed by atoms with van der Waals surface area (Å²) in [5.74, 6) is -2.96. The fourth-order valence-electron chi connectivity index (χ4n) is 2.01. The molecule has 0 atom stereocenters. The predicted molar refractivity (Wildman–Crippen MR) is 83.2 cm³/mol. The maximum absolute atomic E-state index is 13.5. The van der Waals surface area contributed by atoms with Gasteiger partial charge in [-0.15, -0.1) is 0 Å². The van der Waals surface area contributed by atoms with E-state index < -0.39 is 23.4 Å². The van der Waals surface area contributed by atoms with Gasteiger partial charge in [0.1, 0.15) is 11.6 Å². The number of halogens is 2. The highest BCUT2D eigenvalue weighted by Crippen LogP contribution is 2.17. The number of carbonyl (C=O) groups is 2. The lowest BCUT2D eigenvalue weighted by Gasteiger charge is -2.11. The number of hydrogen-bond donors (Lipinski definition) is 2. The summed E-state index contributed by atoms with van der Waals surface area (Å²) < 4.78 is 26.3. The zero-order valence-electron chi connectivity index (χ0n) is 12.7. The number of carbonyl (C=O) groups excluding carboxylic acids is 2. The largest absolute Gasteiger partial charge is 0.343 e. The van der Waals surface area contributed by atoms with Crippen molar-refractivity contribution in [3.8, 4) is 0 Å². The molecule has 23 heavy (non-hydrogen) atoms. The van der Waals surface area contributed by atoms with Crippen LogP contribution in [-0.2, 0) is 4.79 Å². The van der Waals surface area contributed by atoms with E-state index in [9.17, 15) is 18.4 Å². The monoisotopic (exact) mass is 318 g/mol. The lowest BCUT2D eigenvalue weighted by molar-refractivity contribution is -0.115. The van der Waals surface area contributed by atoms with Crippen molar-refractivity contribution >= 4 is 17.5 Å². The Morgan fingerprint density at radius 1 is 1.09 bits per heavy atom. The molecule has 120 valence electrons.